The molecule has 0 bridgehead atoms. The topological polar surface area (TPSA) is 76.2 Å². The smallest absolute Gasteiger partial charge is 0.269 e. The molecule has 2 aromatic rings. The monoisotopic (exact) mass is 371 g/mol. The summed E-state index contributed by atoms with van der Waals surface area (Å²) in [6, 6.07) is 4.69. The molecule has 1 unspecified atom stereocenters. The molecule has 1 saturated heterocycles. The SMILES string of the molecule is Cl.Cn1ccnc1C1CNCCN1Cc1cc([N+](=O)[O-])ccc1Cl. The molecule has 0 aliphatic carbocycles. The van der Waals surface area contributed by atoms with E-state index in [0.29, 0.717) is 11.6 Å². The molecule has 130 valence electrons. The van der Waals surface area contributed by atoms with Crippen molar-refractivity contribution < 1.29 is 4.92 Å². The molecule has 2 heterocycles. The van der Waals surface area contributed by atoms with Gasteiger partial charge in [-0.1, -0.05) is 11.6 Å². The quantitative estimate of drug-likeness (QED) is 0.660. The summed E-state index contributed by atoms with van der Waals surface area (Å²) < 4.78 is 2.00. The Kier molecular flexibility index (Phi) is 6.17. The van der Waals surface area contributed by atoms with Gasteiger partial charge in [0.1, 0.15) is 5.82 Å². The highest BCUT2D eigenvalue weighted by Crippen LogP contribution is 2.27. The zero-order valence-corrected chi connectivity index (χ0v) is 14.8. The number of nitro benzene ring substituents is 1. The minimum atomic E-state index is -0.395. The number of halogens is 2. The van der Waals surface area contributed by atoms with Crippen LogP contribution >= 0.6 is 24.0 Å². The lowest BCUT2D eigenvalue weighted by Crippen LogP contribution is -2.46. The molecule has 0 amide bonds. The number of aromatic nitrogens is 2. The molecule has 1 atom stereocenters. The maximum absolute atomic E-state index is 11.0. The number of nitrogens with zero attached hydrogens (tertiary/aromatic N) is 4. The third-order valence-electron chi connectivity index (χ3n) is 4.12. The predicted molar refractivity (Wildman–Crippen MR) is 94.6 cm³/mol. The molecule has 24 heavy (non-hydrogen) atoms. The molecule has 1 aliphatic rings. The number of hydrogen-bond acceptors (Lipinski definition) is 5. The number of hydrogen-bond donors (Lipinski definition) is 1. The Morgan fingerprint density at radius 3 is 2.96 bits per heavy atom. The van der Waals surface area contributed by atoms with E-state index in [9.17, 15) is 10.1 Å². The maximum atomic E-state index is 11.0. The van der Waals surface area contributed by atoms with Crippen LogP contribution in [-0.2, 0) is 13.6 Å². The summed E-state index contributed by atoms with van der Waals surface area (Å²) in [5.41, 5.74) is 0.829. The van der Waals surface area contributed by atoms with Gasteiger partial charge in [0.2, 0.25) is 0 Å². The lowest BCUT2D eigenvalue weighted by atomic mass is 10.1. The first-order chi connectivity index (χ1) is 11.1. The van der Waals surface area contributed by atoms with Crippen LogP contribution in [-0.4, -0.2) is 39.0 Å². The minimum Gasteiger partial charge on any atom is -0.337 e. The van der Waals surface area contributed by atoms with Crippen LogP contribution in [0.5, 0.6) is 0 Å². The summed E-state index contributed by atoms with van der Waals surface area (Å²) in [6.45, 7) is 3.04. The fourth-order valence-electron chi connectivity index (χ4n) is 2.90. The molecule has 0 radical (unpaired) electrons. The fourth-order valence-corrected chi connectivity index (χ4v) is 3.08. The second kappa shape index (κ2) is 7.94. The van der Waals surface area contributed by atoms with E-state index in [2.05, 4.69) is 15.2 Å². The van der Waals surface area contributed by atoms with Crippen LogP contribution in [0.15, 0.2) is 30.6 Å². The Morgan fingerprint density at radius 2 is 2.29 bits per heavy atom. The minimum absolute atomic E-state index is 0. The van der Waals surface area contributed by atoms with Crippen LogP contribution in [0.4, 0.5) is 5.69 Å². The number of benzene rings is 1. The van der Waals surface area contributed by atoms with Crippen LogP contribution in [0, 0.1) is 10.1 Å². The van der Waals surface area contributed by atoms with E-state index >= 15 is 0 Å². The van der Waals surface area contributed by atoms with Crippen molar-refractivity contribution in [3.8, 4) is 0 Å². The van der Waals surface area contributed by atoms with Gasteiger partial charge < -0.3 is 9.88 Å². The summed E-state index contributed by atoms with van der Waals surface area (Å²) in [4.78, 5) is 17.3. The van der Waals surface area contributed by atoms with Crippen LogP contribution in [0.2, 0.25) is 5.02 Å². The molecule has 1 aromatic carbocycles. The summed E-state index contributed by atoms with van der Waals surface area (Å²) in [5.74, 6) is 0.971. The van der Waals surface area contributed by atoms with Gasteiger partial charge in [-0.3, -0.25) is 15.0 Å². The first-order valence-corrected chi connectivity index (χ1v) is 7.79. The second-order valence-electron chi connectivity index (χ2n) is 5.62. The van der Waals surface area contributed by atoms with Crippen molar-refractivity contribution in [3.05, 3.63) is 57.1 Å². The molecule has 0 spiro atoms. The van der Waals surface area contributed by atoms with Crippen molar-refractivity contribution in [1.82, 2.24) is 19.8 Å². The van der Waals surface area contributed by atoms with E-state index in [4.69, 9.17) is 11.6 Å². The van der Waals surface area contributed by atoms with Crippen LogP contribution in [0.3, 0.4) is 0 Å². The van der Waals surface area contributed by atoms with E-state index in [0.717, 1.165) is 31.0 Å². The van der Waals surface area contributed by atoms with Crippen molar-refractivity contribution >= 4 is 29.7 Å². The van der Waals surface area contributed by atoms with Crippen LogP contribution in [0.1, 0.15) is 17.4 Å². The van der Waals surface area contributed by atoms with Crippen LogP contribution in [0.25, 0.3) is 0 Å². The average Bonchev–Trinajstić information content (AvgIpc) is 2.96. The Labute approximate surface area is 151 Å². The van der Waals surface area contributed by atoms with Gasteiger partial charge in [0.25, 0.3) is 5.69 Å². The van der Waals surface area contributed by atoms with E-state index in [1.54, 1.807) is 18.3 Å². The second-order valence-corrected chi connectivity index (χ2v) is 6.03. The predicted octanol–water partition coefficient (Wildman–Crippen LogP) is 2.55. The zero-order chi connectivity index (χ0) is 16.4. The number of rotatable bonds is 4. The highest BCUT2D eigenvalue weighted by atomic mass is 35.5. The molecule has 1 aromatic heterocycles. The maximum Gasteiger partial charge on any atom is 0.269 e. The third kappa shape index (κ3) is 3.87. The highest BCUT2D eigenvalue weighted by molar-refractivity contribution is 6.31. The highest BCUT2D eigenvalue weighted by Gasteiger charge is 2.27. The number of piperazine rings is 1. The van der Waals surface area contributed by atoms with Crippen molar-refractivity contribution in [2.24, 2.45) is 7.05 Å². The molecule has 9 heteroatoms. The molecular formula is C15H19Cl2N5O2. The summed E-state index contributed by atoms with van der Waals surface area (Å²) in [6.07, 6.45) is 3.70. The van der Waals surface area contributed by atoms with Gasteiger partial charge in [-0.2, -0.15) is 0 Å². The standard InChI is InChI=1S/C15H18ClN5O2.ClH/c1-19-6-5-18-15(19)14-9-17-4-7-20(14)10-11-8-12(21(22)23)2-3-13(11)16;/h2-3,5-6,8,14,17H,4,7,9-10H2,1H3;1H. The fraction of sp³-hybridized carbons (Fsp3) is 0.400. The largest absolute Gasteiger partial charge is 0.337 e. The van der Waals surface area contributed by atoms with Gasteiger partial charge in [0, 0.05) is 62.8 Å². The number of nitrogens with one attached hydrogen (secondary N) is 1. The lowest BCUT2D eigenvalue weighted by Gasteiger charge is -2.35. The zero-order valence-electron chi connectivity index (χ0n) is 13.2. The van der Waals surface area contributed by atoms with E-state index in [1.165, 1.54) is 6.07 Å². The van der Waals surface area contributed by atoms with Crippen molar-refractivity contribution in [2.75, 3.05) is 19.6 Å². The van der Waals surface area contributed by atoms with Gasteiger partial charge >= 0.3 is 0 Å². The Hall–Kier alpha value is -1.67. The third-order valence-corrected chi connectivity index (χ3v) is 4.49. The Balaban J connectivity index is 0.00000208. The molecular weight excluding hydrogens is 353 g/mol. The molecule has 1 aliphatic heterocycles. The van der Waals surface area contributed by atoms with Crippen molar-refractivity contribution in [3.63, 3.8) is 0 Å². The summed E-state index contributed by atoms with van der Waals surface area (Å²) >= 11 is 6.24. The Bertz CT molecular complexity index is 722. The molecule has 0 saturated carbocycles. The lowest BCUT2D eigenvalue weighted by molar-refractivity contribution is -0.384. The van der Waals surface area contributed by atoms with Crippen LogP contribution < -0.4 is 5.32 Å². The number of non-ortho nitro benzene ring substituents is 1. The van der Waals surface area contributed by atoms with Gasteiger partial charge in [0.15, 0.2) is 0 Å². The molecule has 1 N–H and O–H groups in total. The van der Waals surface area contributed by atoms with Crippen molar-refractivity contribution in [1.29, 1.82) is 0 Å². The molecule has 7 nitrogen and oxygen atoms in total. The van der Waals surface area contributed by atoms with Gasteiger partial charge in [-0.05, 0) is 11.6 Å². The number of aryl methyl sites for hydroxylation is 1. The van der Waals surface area contributed by atoms with Gasteiger partial charge in [-0.25, -0.2) is 4.98 Å². The van der Waals surface area contributed by atoms with E-state index < -0.39 is 4.92 Å². The number of imidazole rings is 1. The normalized spacial score (nSPS) is 18.2. The van der Waals surface area contributed by atoms with Gasteiger partial charge in [0.05, 0.1) is 11.0 Å². The van der Waals surface area contributed by atoms with E-state index in [-0.39, 0.29) is 24.1 Å². The molecule has 3 rings (SSSR count). The number of nitro groups is 1. The summed E-state index contributed by atoms with van der Waals surface area (Å²) in [7, 11) is 1.97. The summed E-state index contributed by atoms with van der Waals surface area (Å²) in [5, 5.41) is 14.9. The first-order valence-electron chi connectivity index (χ1n) is 7.41. The first kappa shape index (κ1) is 18.7. The molecule has 1 fully saturated rings. The Morgan fingerprint density at radius 1 is 1.50 bits per heavy atom. The van der Waals surface area contributed by atoms with E-state index in [1.807, 2.05) is 17.8 Å². The average molecular weight is 372 g/mol. The van der Waals surface area contributed by atoms with Gasteiger partial charge in [-0.15, -0.1) is 12.4 Å². The van der Waals surface area contributed by atoms with Crippen molar-refractivity contribution in [2.45, 2.75) is 12.6 Å².